The molecule has 1 amide bonds. The highest BCUT2D eigenvalue weighted by atomic mass is 32.2. The van der Waals surface area contributed by atoms with Crippen LogP contribution in [0.15, 0.2) is 53.4 Å². The summed E-state index contributed by atoms with van der Waals surface area (Å²) in [6.07, 6.45) is 0. The first-order valence-corrected chi connectivity index (χ1v) is 8.19. The Morgan fingerprint density at radius 2 is 1.73 bits per heavy atom. The van der Waals surface area contributed by atoms with Gasteiger partial charge in [-0.25, -0.2) is 0 Å². The van der Waals surface area contributed by atoms with E-state index in [0.29, 0.717) is 5.69 Å². The summed E-state index contributed by atoms with van der Waals surface area (Å²) in [5.74, 6) is -0.446. The van der Waals surface area contributed by atoms with Gasteiger partial charge in [0, 0.05) is 29.6 Å². The Balaban J connectivity index is 1.83. The Morgan fingerprint density at radius 1 is 1.08 bits per heavy atom. The van der Waals surface area contributed by atoms with Gasteiger partial charge in [0.15, 0.2) is 0 Å². The minimum absolute atomic E-state index is 0.00731. The number of amides is 1. The van der Waals surface area contributed by atoms with Crippen LogP contribution < -0.4 is 10.6 Å². The Labute approximate surface area is 150 Å². The lowest BCUT2D eigenvalue weighted by Gasteiger charge is -2.09. The third kappa shape index (κ3) is 5.96. The molecule has 0 aromatic heterocycles. The molecular formula is C16H14F3N3O3S. The molecule has 0 spiro atoms. The molecule has 0 heterocycles. The van der Waals surface area contributed by atoms with E-state index in [2.05, 4.69) is 10.6 Å². The fourth-order valence-corrected chi connectivity index (χ4v) is 2.61. The molecule has 0 aliphatic rings. The number of hydrogen-bond donors (Lipinski definition) is 2. The lowest BCUT2D eigenvalue weighted by atomic mass is 10.2. The van der Waals surface area contributed by atoms with Crippen LogP contribution in [0.2, 0.25) is 0 Å². The van der Waals surface area contributed by atoms with E-state index in [9.17, 15) is 28.1 Å². The zero-order valence-corrected chi connectivity index (χ0v) is 14.1. The third-order valence-electron chi connectivity index (χ3n) is 3.18. The first-order chi connectivity index (χ1) is 12.3. The van der Waals surface area contributed by atoms with Gasteiger partial charge in [-0.2, -0.15) is 13.2 Å². The van der Waals surface area contributed by atoms with E-state index < -0.39 is 16.3 Å². The normalized spacial score (nSPS) is 11.0. The van der Waals surface area contributed by atoms with Gasteiger partial charge in [-0.05, 0) is 42.1 Å². The quantitative estimate of drug-likeness (QED) is 0.325. The van der Waals surface area contributed by atoms with Gasteiger partial charge in [0.05, 0.1) is 4.92 Å². The molecule has 6 nitrogen and oxygen atoms in total. The van der Waals surface area contributed by atoms with Gasteiger partial charge in [0.1, 0.15) is 5.69 Å². The van der Waals surface area contributed by atoms with Crippen LogP contribution in [0.5, 0.6) is 0 Å². The number of carbonyl (C=O) groups excluding carboxylic acids is 1. The van der Waals surface area contributed by atoms with Crippen molar-refractivity contribution >= 4 is 29.0 Å². The molecule has 0 fully saturated rings. The number of nitro groups is 1. The van der Waals surface area contributed by atoms with Crippen LogP contribution in [0.1, 0.15) is 10.4 Å². The zero-order chi connectivity index (χ0) is 19.2. The molecule has 2 rings (SSSR count). The molecule has 0 atom stereocenters. The third-order valence-corrected chi connectivity index (χ3v) is 3.92. The maximum absolute atomic E-state index is 12.3. The van der Waals surface area contributed by atoms with Crippen LogP contribution in [-0.4, -0.2) is 29.4 Å². The average molecular weight is 385 g/mol. The van der Waals surface area contributed by atoms with Crippen LogP contribution >= 0.6 is 11.8 Å². The largest absolute Gasteiger partial charge is 0.446 e. The van der Waals surface area contributed by atoms with Crippen molar-refractivity contribution < 1.29 is 22.9 Å². The molecule has 0 unspecified atom stereocenters. The number of benzene rings is 2. The van der Waals surface area contributed by atoms with Gasteiger partial charge < -0.3 is 10.6 Å². The number of nitrogens with one attached hydrogen (secondary N) is 2. The van der Waals surface area contributed by atoms with Crippen molar-refractivity contribution in [3.8, 4) is 0 Å². The number of para-hydroxylation sites is 2. The minimum Gasteiger partial charge on any atom is -0.378 e. The summed E-state index contributed by atoms with van der Waals surface area (Å²) in [7, 11) is 0. The molecular weight excluding hydrogens is 371 g/mol. The van der Waals surface area contributed by atoms with Gasteiger partial charge in [0.25, 0.3) is 11.6 Å². The highest BCUT2D eigenvalue weighted by Gasteiger charge is 2.29. The van der Waals surface area contributed by atoms with E-state index in [1.807, 2.05) is 0 Å². The SMILES string of the molecule is O=C(NCCNc1ccccc1[N+](=O)[O-])c1ccc(SC(F)(F)F)cc1. The number of rotatable bonds is 7. The molecule has 10 heteroatoms. The van der Waals surface area contributed by atoms with Crippen molar-refractivity contribution in [1.29, 1.82) is 0 Å². The lowest BCUT2D eigenvalue weighted by Crippen LogP contribution is -2.28. The summed E-state index contributed by atoms with van der Waals surface area (Å²) in [5, 5.41) is 16.3. The van der Waals surface area contributed by atoms with Gasteiger partial charge >= 0.3 is 5.51 Å². The van der Waals surface area contributed by atoms with Crippen molar-refractivity contribution in [1.82, 2.24) is 5.32 Å². The molecule has 0 bridgehead atoms. The Bertz CT molecular complexity index is 782. The van der Waals surface area contributed by atoms with E-state index in [1.54, 1.807) is 18.2 Å². The number of nitro benzene ring substituents is 1. The molecule has 0 radical (unpaired) electrons. The van der Waals surface area contributed by atoms with Crippen molar-refractivity contribution in [2.75, 3.05) is 18.4 Å². The molecule has 138 valence electrons. The van der Waals surface area contributed by atoms with Crippen LogP contribution in [-0.2, 0) is 0 Å². The molecule has 0 saturated carbocycles. The summed E-state index contributed by atoms with van der Waals surface area (Å²) in [4.78, 5) is 22.3. The number of anilines is 1. The first kappa shape index (κ1) is 19.6. The molecule has 2 aromatic rings. The minimum atomic E-state index is -4.38. The van der Waals surface area contributed by atoms with Crippen molar-refractivity contribution in [3.63, 3.8) is 0 Å². The summed E-state index contributed by atoms with van der Waals surface area (Å²) < 4.78 is 36.8. The maximum Gasteiger partial charge on any atom is 0.446 e. The second-order valence-electron chi connectivity index (χ2n) is 5.03. The maximum atomic E-state index is 12.3. The van der Waals surface area contributed by atoms with Gasteiger partial charge in [-0.15, -0.1) is 0 Å². The fourth-order valence-electron chi connectivity index (χ4n) is 2.07. The van der Waals surface area contributed by atoms with Crippen LogP contribution in [0.4, 0.5) is 24.5 Å². The van der Waals surface area contributed by atoms with Crippen molar-refractivity contribution in [3.05, 3.63) is 64.2 Å². The van der Waals surface area contributed by atoms with E-state index in [4.69, 9.17) is 0 Å². The first-order valence-electron chi connectivity index (χ1n) is 7.37. The molecule has 2 N–H and O–H groups in total. The summed E-state index contributed by atoms with van der Waals surface area (Å²) >= 11 is -0.253. The number of nitrogens with zero attached hydrogens (tertiary/aromatic N) is 1. The molecule has 0 aliphatic carbocycles. The number of alkyl halides is 3. The van der Waals surface area contributed by atoms with E-state index in [1.165, 1.54) is 30.3 Å². The molecule has 0 saturated heterocycles. The van der Waals surface area contributed by atoms with E-state index >= 15 is 0 Å². The van der Waals surface area contributed by atoms with Crippen molar-refractivity contribution in [2.45, 2.75) is 10.4 Å². The monoisotopic (exact) mass is 385 g/mol. The second kappa shape index (κ2) is 8.56. The topological polar surface area (TPSA) is 84.3 Å². The van der Waals surface area contributed by atoms with Crippen LogP contribution in [0.25, 0.3) is 0 Å². The predicted octanol–water partition coefficient (Wildman–Crippen LogP) is 4.05. The Hall–Kier alpha value is -2.75. The molecule has 0 aliphatic heterocycles. The molecule has 2 aromatic carbocycles. The van der Waals surface area contributed by atoms with E-state index in [0.717, 1.165) is 0 Å². The number of carbonyl (C=O) groups is 1. The smallest absolute Gasteiger partial charge is 0.378 e. The summed E-state index contributed by atoms with van der Waals surface area (Å²) in [5.41, 5.74) is -3.89. The predicted molar refractivity (Wildman–Crippen MR) is 92.3 cm³/mol. The number of hydrogen-bond acceptors (Lipinski definition) is 5. The Kier molecular flexibility index (Phi) is 6.45. The Morgan fingerprint density at radius 3 is 2.35 bits per heavy atom. The average Bonchev–Trinajstić information content (AvgIpc) is 2.58. The fraction of sp³-hybridized carbons (Fsp3) is 0.188. The second-order valence-corrected chi connectivity index (χ2v) is 6.17. The van der Waals surface area contributed by atoms with Crippen LogP contribution in [0.3, 0.4) is 0 Å². The lowest BCUT2D eigenvalue weighted by molar-refractivity contribution is -0.384. The zero-order valence-electron chi connectivity index (χ0n) is 13.2. The van der Waals surface area contributed by atoms with Crippen molar-refractivity contribution in [2.24, 2.45) is 0 Å². The van der Waals surface area contributed by atoms with Gasteiger partial charge in [0.2, 0.25) is 0 Å². The van der Waals surface area contributed by atoms with Crippen LogP contribution in [0, 0.1) is 10.1 Å². The van der Waals surface area contributed by atoms with Gasteiger partial charge in [-0.1, -0.05) is 12.1 Å². The highest BCUT2D eigenvalue weighted by molar-refractivity contribution is 8.00. The highest BCUT2D eigenvalue weighted by Crippen LogP contribution is 2.36. The van der Waals surface area contributed by atoms with Gasteiger partial charge in [-0.3, -0.25) is 14.9 Å². The van der Waals surface area contributed by atoms with E-state index in [-0.39, 0.29) is 41.0 Å². The standard InChI is InChI=1S/C16H14F3N3O3S/c17-16(18,19)26-12-7-5-11(6-8-12)15(23)21-10-9-20-13-3-1-2-4-14(13)22(24)25/h1-8,20H,9-10H2,(H,21,23). The number of thioether (sulfide) groups is 1. The summed E-state index contributed by atoms with van der Waals surface area (Å²) in [6.45, 7) is 0.433. The number of halogens is 3. The molecule has 26 heavy (non-hydrogen) atoms. The summed E-state index contributed by atoms with van der Waals surface area (Å²) in [6, 6.07) is 11.2.